The van der Waals surface area contributed by atoms with Crippen LogP contribution in [0.5, 0.6) is 0 Å². The van der Waals surface area contributed by atoms with Crippen molar-refractivity contribution in [2.24, 2.45) is 5.92 Å². The van der Waals surface area contributed by atoms with Crippen molar-refractivity contribution < 1.29 is 9.59 Å². The van der Waals surface area contributed by atoms with Crippen molar-refractivity contribution in [2.45, 2.75) is 52.6 Å². The van der Waals surface area contributed by atoms with Gasteiger partial charge in [0, 0.05) is 31.1 Å². The lowest BCUT2D eigenvalue weighted by Gasteiger charge is -2.33. The number of nitrogens with zero attached hydrogens (tertiary/aromatic N) is 1. The number of carbonyl (C=O) groups excluding carboxylic acids is 2. The van der Waals surface area contributed by atoms with Crippen LogP contribution in [0.1, 0.15) is 40.5 Å². The fourth-order valence-corrected chi connectivity index (χ4v) is 2.04. The Morgan fingerprint density at radius 2 is 1.74 bits per heavy atom. The van der Waals surface area contributed by atoms with Crippen molar-refractivity contribution >= 4 is 11.8 Å². The lowest BCUT2D eigenvalue weighted by atomic mass is 10.0. The molecule has 2 N–H and O–H groups in total. The fourth-order valence-electron chi connectivity index (χ4n) is 2.04. The van der Waals surface area contributed by atoms with Crippen LogP contribution in [-0.4, -0.2) is 48.4 Å². The van der Waals surface area contributed by atoms with Crippen LogP contribution in [0.3, 0.4) is 0 Å². The molecule has 0 aliphatic carbocycles. The quantitative estimate of drug-likeness (QED) is 0.774. The Bertz CT molecular complexity index is 308. The Kier molecular flexibility index (Phi) is 6.28. The first-order valence-electron chi connectivity index (χ1n) is 7.21. The largest absolute Gasteiger partial charge is 0.353 e. The predicted octanol–water partition coefficient (Wildman–Crippen LogP) is 0.748. The standard InChI is InChI=1S/C14H27N3O2/c1-10(2)14(19)16-12-5-7-17(8-6-12)13(18)9-15-11(3)4/h10-12,15H,5-9H2,1-4H3,(H,16,19). The Labute approximate surface area is 116 Å². The third-order valence-corrected chi connectivity index (χ3v) is 3.38. The number of nitrogens with one attached hydrogen (secondary N) is 2. The summed E-state index contributed by atoms with van der Waals surface area (Å²) >= 11 is 0. The number of rotatable bonds is 5. The number of likely N-dealkylation sites (tertiary alicyclic amines) is 1. The summed E-state index contributed by atoms with van der Waals surface area (Å²) in [6.45, 7) is 9.73. The number of hydrogen-bond donors (Lipinski definition) is 2. The number of amides is 2. The summed E-state index contributed by atoms with van der Waals surface area (Å²) in [5.74, 6) is 0.281. The van der Waals surface area contributed by atoms with Crippen molar-refractivity contribution in [1.29, 1.82) is 0 Å². The predicted molar refractivity (Wildman–Crippen MR) is 75.7 cm³/mol. The van der Waals surface area contributed by atoms with Gasteiger partial charge in [0.15, 0.2) is 0 Å². The van der Waals surface area contributed by atoms with Crippen LogP contribution >= 0.6 is 0 Å². The van der Waals surface area contributed by atoms with Gasteiger partial charge in [0.05, 0.1) is 6.54 Å². The molecule has 1 fully saturated rings. The number of hydrogen-bond acceptors (Lipinski definition) is 3. The van der Waals surface area contributed by atoms with Gasteiger partial charge in [0.25, 0.3) is 0 Å². The highest BCUT2D eigenvalue weighted by Gasteiger charge is 2.24. The summed E-state index contributed by atoms with van der Waals surface area (Å²) in [4.78, 5) is 25.4. The molecule has 0 aromatic carbocycles. The second-order valence-corrected chi connectivity index (χ2v) is 5.85. The second-order valence-electron chi connectivity index (χ2n) is 5.85. The molecule has 0 aromatic rings. The minimum atomic E-state index is 0.0231. The molecule has 1 aliphatic heterocycles. The van der Waals surface area contributed by atoms with Crippen LogP contribution < -0.4 is 10.6 Å². The number of piperidine rings is 1. The maximum absolute atomic E-state index is 11.9. The lowest BCUT2D eigenvalue weighted by Crippen LogP contribution is -2.49. The van der Waals surface area contributed by atoms with Crippen molar-refractivity contribution in [1.82, 2.24) is 15.5 Å². The van der Waals surface area contributed by atoms with E-state index >= 15 is 0 Å². The van der Waals surface area contributed by atoms with Crippen LogP contribution in [-0.2, 0) is 9.59 Å². The van der Waals surface area contributed by atoms with Gasteiger partial charge < -0.3 is 15.5 Å². The molecule has 0 radical (unpaired) electrons. The van der Waals surface area contributed by atoms with Crippen molar-refractivity contribution in [2.75, 3.05) is 19.6 Å². The van der Waals surface area contributed by atoms with Gasteiger partial charge in [-0.15, -0.1) is 0 Å². The molecule has 1 saturated heterocycles. The van der Waals surface area contributed by atoms with E-state index in [9.17, 15) is 9.59 Å². The Hall–Kier alpha value is -1.10. The molecule has 1 heterocycles. The van der Waals surface area contributed by atoms with Gasteiger partial charge in [0.1, 0.15) is 0 Å². The first kappa shape index (κ1) is 16.0. The topological polar surface area (TPSA) is 61.4 Å². The number of carbonyl (C=O) groups is 2. The van der Waals surface area contributed by atoms with E-state index in [0.717, 1.165) is 25.9 Å². The van der Waals surface area contributed by atoms with Gasteiger partial charge in [0.2, 0.25) is 11.8 Å². The third-order valence-electron chi connectivity index (χ3n) is 3.38. The Balaban J connectivity index is 2.28. The van der Waals surface area contributed by atoms with E-state index in [0.29, 0.717) is 12.6 Å². The van der Waals surface area contributed by atoms with Crippen LogP contribution in [0.4, 0.5) is 0 Å². The maximum Gasteiger partial charge on any atom is 0.236 e. The molecule has 19 heavy (non-hydrogen) atoms. The third kappa shape index (κ3) is 5.59. The molecular weight excluding hydrogens is 242 g/mol. The van der Waals surface area contributed by atoms with Gasteiger partial charge in [-0.25, -0.2) is 0 Å². The Morgan fingerprint density at radius 3 is 2.21 bits per heavy atom. The molecule has 0 saturated carbocycles. The van der Waals surface area contributed by atoms with Gasteiger partial charge in [-0.1, -0.05) is 27.7 Å². The summed E-state index contributed by atoms with van der Waals surface area (Å²) in [6, 6.07) is 0.545. The van der Waals surface area contributed by atoms with E-state index in [-0.39, 0.29) is 23.8 Å². The van der Waals surface area contributed by atoms with Crippen LogP contribution in [0.15, 0.2) is 0 Å². The molecule has 0 unspecified atom stereocenters. The van der Waals surface area contributed by atoms with Crippen LogP contribution in [0, 0.1) is 5.92 Å². The molecule has 0 bridgehead atoms. The second kappa shape index (κ2) is 7.48. The van der Waals surface area contributed by atoms with Crippen LogP contribution in [0.2, 0.25) is 0 Å². The van der Waals surface area contributed by atoms with E-state index in [2.05, 4.69) is 10.6 Å². The van der Waals surface area contributed by atoms with Gasteiger partial charge in [-0.05, 0) is 12.8 Å². The molecule has 0 spiro atoms. The molecule has 5 heteroatoms. The molecule has 1 rings (SSSR count). The van der Waals surface area contributed by atoms with E-state index in [1.165, 1.54) is 0 Å². The highest BCUT2D eigenvalue weighted by Crippen LogP contribution is 2.11. The summed E-state index contributed by atoms with van der Waals surface area (Å²) in [6.07, 6.45) is 1.71. The zero-order valence-corrected chi connectivity index (χ0v) is 12.5. The summed E-state index contributed by atoms with van der Waals surface area (Å²) in [7, 11) is 0. The minimum Gasteiger partial charge on any atom is -0.353 e. The summed E-state index contributed by atoms with van der Waals surface area (Å²) in [5, 5.41) is 6.18. The molecule has 1 aliphatic rings. The van der Waals surface area contributed by atoms with E-state index in [1.54, 1.807) is 0 Å². The van der Waals surface area contributed by atoms with Crippen molar-refractivity contribution in [3.63, 3.8) is 0 Å². The van der Waals surface area contributed by atoms with Gasteiger partial charge >= 0.3 is 0 Å². The van der Waals surface area contributed by atoms with E-state index in [1.807, 2.05) is 32.6 Å². The normalized spacial score (nSPS) is 17.1. The highest BCUT2D eigenvalue weighted by atomic mass is 16.2. The zero-order valence-electron chi connectivity index (χ0n) is 12.5. The van der Waals surface area contributed by atoms with Gasteiger partial charge in [-0.2, -0.15) is 0 Å². The van der Waals surface area contributed by atoms with E-state index in [4.69, 9.17) is 0 Å². The Morgan fingerprint density at radius 1 is 1.16 bits per heavy atom. The van der Waals surface area contributed by atoms with Crippen molar-refractivity contribution in [3.8, 4) is 0 Å². The molecule has 2 amide bonds. The maximum atomic E-state index is 11.9. The lowest BCUT2D eigenvalue weighted by molar-refractivity contribution is -0.131. The van der Waals surface area contributed by atoms with Gasteiger partial charge in [-0.3, -0.25) is 9.59 Å². The van der Waals surface area contributed by atoms with E-state index < -0.39 is 0 Å². The highest BCUT2D eigenvalue weighted by molar-refractivity contribution is 5.79. The average molecular weight is 269 g/mol. The molecule has 0 atom stereocenters. The molecule has 5 nitrogen and oxygen atoms in total. The van der Waals surface area contributed by atoms with Crippen molar-refractivity contribution in [3.05, 3.63) is 0 Å². The first-order valence-corrected chi connectivity index (χ1v) is 7.21. The zero-order chi connectivity index (χ0) is 14.4. The molecule has 0 aromatic heterocycles. The summed E-state index contributed by atoms with van der Waals surface area (Å²) in [5.41, 5.74) is 0. The van der Waals surface area contributed by atoms with Crippen LogP contribution in [0.25, 0.3) is 0 Å². The summed E-state index contributed by atoms with van der Waals surface area (Å²) < 4.78 is 0. The minimum absolute atomic E-state index is 0.0231. The fraction of sp³-hybridized carbons (Fsp3) is 0.857. The molecular formula is C14H27N3O2. The average Bonchev–Trinajstić information content (AvgIpc) is 2.36. The first-order chi connectivity index (χ1) is 8.90. The monoisotopic (exact) mass is 269 g/mol. The molecule has 110 valence electrons. The smallest absolute Gasteiger partial charge is 0.236 e. The SMILES string of the molecule is CC(C)NCC(=O)N1CCC(NC(=O)C(C)C)CC1.